The van der Waals surface area contributed by atoms with E-state index in [9.17, 15) is 0 Å². The summed E-state index contributed by atoms with van der Waals surface area (Å²) in [6.07, 6.45) is 1.08. The van der Waals surface area contributed by atoms with Gasteiger partial charge >= 0.3 is 0 Å². The second-order valence-electron chi connectivity index (χ2n) is 3.20. The van der Waals surface area contributed by atoms with Crippen molar-refractivity contribution in [2.24, 2.45) is 0 Å². The van der Waals surface area contributed by atoms with Crippen molar-refractivity contribution in [1.29, 1.82) is 0 Å². The highest BCUT2D eigenvalue weighted by atomic mass is 79.9. The summed E-state index contributed by atoms with van der Waals surface area (Å²) in [5, 5.41) is 4.51. The van der Waals surface area contributed by atoms with Gasteiger partial charge in [-0.05, 0) is 29.0 Å². The van der Waals surface area contributed by atoms with Gasteiger partial charge in [0.25, 0.3) is 0 Å². The molecule has 0 spiro atoms. The number of halogens is 1. The number of rotatable bonds is 2. The number of fused-ring (bicyclic) bond motifs is 1. The highest BCUT2D eigenvalue weighted by molar-refractivity contribution is 9.08. The zero-order valence-electron chi connectivity index (χ0n) is 7.88. The summed E-state index contributed by atoms with van der Waals surface area (Å²) in [5.41, 5.74) is 2.78. The van der Waals surface area contributed by atoms with Crippen LogP contribution in [0.15, 0.2) is 22.4 Å². The lowest BCUT2D eigenvalue weighted by Crippen LogP contribution is -1.82. The molecule has 0 aliphatic rings. The highest BCUT2D eigenvalue weighted by Gasteiger charge is 2.08. The molecule has 74 valence electrons. The van der Waals surface area contributed by atoms with Gasteiger partial charge in [-0.25, -0.2) is 0 Å². The summed E-state index contributed by atoms with van der Waals surface area (Å²) in [6, 6.07) is 4.24. The molecule has 0 aliphatic heterocycles. The molecule has 3 heteroatoms. The topological polar surface area (TPSA) is 0 Å². The highest BCUT2D eigenvalue weighted by Crippen LogP contribution is 2.34. The number of alkyl halides is 1. The van der Waals surface area contributed by atoms with Gasteiger partial charge in [0.05, 0.1) is 0 Å². The van der Waals surface area contributed by atoms with Crippen LogP contribution in [0.1, 0.15) is 18.1 Å². The summed E-state index contributed by atoms with van der Waals surface area (Å²) >= 11 is 9.86. The molecule has 0 unspecified atom stereocenters. The van der Waals surface area contributed by atoms with Gasteiger partial charge in [0.15, 0.2) is 0 Å². The zero-order chi connectivity index (χ0) is 10.1. The fraction of sp³-hybridized carbons (Fsp3) is 0.273. The van der Waals surface area contributed by atoms with E-state index in [1.807, 2.05) is 11.3 Å². The number of thiol groups is 1. The third-order valence-electron chi connectivity index (χ3n) is 2.38. The molecule has 1 aromatic carbocycles. The van der Waals surface area contributed by atoms with Crippen LogP contribution in [-0.2, 0) is 11.8 Å². The zero-order valence-corrected chi connectivity index (χ0v) is 11.2. The predicted octanol–water partition coefficient (Wildman–Crippen LogP) is 4.65. The number of hydrogen-bond donors (Lipinski definition) is 1. The van der Waals surface area contributed by atoms with Crippen LogP contribution in [0.4, 0.5) is 0 Å². The van der Waals surface area contributed by atoms with Crippen molar-refractivity contribution in [2.75, 3.05) is 0 Å². The molecule has 0 amide bonds. The van der Waals surface area contributed by atoms with Gasteiger partial charge in [0, 0.05) is 20.3 Å². The molecular formula is C11H11BrS2. The average molecular weight is 287 g/mol. The van der Waals surface area contributed by atoms with E-state index in [4.69, 9.17) is 0 Å². The number of thiophene rings is 1. The molecule has 2 aromatic rings. The van der Waals surface area contributed by atoms with Gasteiger partial charge in [-0.15, -0.1) is 24.0 Å². The summed E-state index contributed by atoms with van der Waals surface area (Å²) < 4.78 is 1.38. The Balaban J connectivity index is 2.80. The van der Waals surface area contributed by atoms with Gasteiger partial charge in [-0.3, -0.25) is 0 Å². The Kier molecular flexibility index (Phi) is 3.20. The first-order valence-electron chi connectivity index (χ1n) is 4.54. The van der Waals surface area contributed by atoms with E-state index in [-0.39, 0.29) is 0 Å². The Hall–Kier alpha value is 0.01000. The Bertz CT molecular complexity index is 460. The minimum absolute atomic E-state index is 0.918. The summed E-state index contributed by atoms with van der Waals surface area (Å²) in [7, 11) is 0. The third kappa shape index (κ3) is 1.62. The average Bonchev–Trinajstić information content (AvgIpc) is 2.63. The summed E-state index contributed by atoms with van der Waals surface area (Å²) in [6.45, 7) is 2.19. The van der Waals surface area contributed by atoms with Gasteiger partial charge in [0.2, 0.25) is 0 Å². The van der Waals surface area contributed by atoms with Gasteiger partial charge in [0.1, 0.15) is 0 Å². The molecule has 0 saturated carbocycles. The predicted molar refractivity (Wildman–Crippen MR) is 71.1 cm³/mol. The largest absolute Gasteiger partial charge is 0.143 e. The molecule has 1 aromatic heterocycles. The SMILES string of the molecule is CCc1csc2c(CBr)ccc(S)c12. The van der Waals surface area contributed by atoms with E-state index in [1.54, 1.807) is 0 Å². The second kappa shape index (κ2) is 4.25. The second-order valence-corrected chi connectivity index (χ2v) is 5.12. The molecule has 0 radical (unpaired) electrons. The first-order valence-corrected chi connectivity index (χ1v) is 6.99. The maximum atomic E-state index is 4.52. The van der Waals surface area contributed by atoms with E-state index < -0.39 is 0 Å². The molecular weight excluding hydrogens is 276 g/mol. The normalized spacial score (nSPS) is 11.1. The molecule has 0 fully saturated rings. The van der Waals surface area contributed by atoms with Gasteiger partial charge in [-0.2, -0.15) is 0 Å². The minimum atomic E-state index is 0.918. The van der Waals surface area contributed by atoms with Crippen molar-refractivity contribution in [3.8, 4) is 0 Å². The number of benzene rings is 1. The maximum Gasteiger partial charge on any atom is 0.0397 e. The fourth-order valence-electron chi connectivity index (χ4n) is 1.61. The minimum Gasteiger partial charge on any atom is -0.143 e. The van der Waals surface area contributed by atoms with Gasteiger partial charge < -0.3 is 0 Å². The van der Waals surface area contributed by atoms with Crippen LogP contribution >= 0.6 is 39.9 Å². The van der Waals surface area contributed by atoms with E-state index in [0.717, 1.165) is 16.6 Å². The van der Waals surface area contributed by atoms with Crippen molar-refractivity contribution < 1.29 is 0 Å². The summed E-state index contributed by atoms with van der Waals surface area (Å²) in [5.74, 6) is 0. The Labute approximate surface area is 102 Å². The van der Waals surface area contributed by atoms with Crippen molar-refractivity contribution in [3.05, 3.63) is 28.6 Å². The molecule has 0 atom stereocenters. The van der Waals surface area contributed by atoms with E-state index in [1.165, 1.54) is 21.2 Å². The van der Waals surface area contributed by atoms with E-state index >= 15 is 0 Å². The lowest BCUT2D eigenvalue weighted by molar-refractivity contribution is 1.16. The standard InChI is InChI=1S/C11H11BrS2/c1-2-7-6-14-11-8(5-12)3-4-9(13)10(7)11/h3-4,6,13H,2,5H2,1H3. The third-order valence-corrected chi connectivity index (χ3v) is 4.46. The molecule has 0 N–H and O–H groups in total. The quantitative estimate of drug-likeness (QED) is 0.603. The fourth-order valence-corrected chi connectivity index (χ4v) is 3.87. The first-order chi connectivity index (χ1) is 6.77. The van der Waals surface area contributed by atoms with Crippen molar-refractivity contribution in [3.63, 3.8) is 0 Å². The lowest BCUT2D eigenvalue weighted by Gasteiger charge is -2.02. The molecule has 2 rings (SSSR count). The molecule has 0 saturated heterocycles. The smallest absolute Gasteiger partial charge is 0.0397 e. The molecule has 0 aliphatic carbocycles. The van der Waals surface area contributed by atoms with E-state index in [0.29, 0.717) is 0 Å². The molecule has 0 bridgehead atoms. The van der Waals surface area contributed by atoms with E-state index in [2.05, 4.69) is 53.0 Å². The first kappa shape index (κ1) is 10.5. The van der Waals surface area contributed by atoms with Crippen LogP contribution in [0.25, 0.3) is 10.1 Å². The van der Waals surface area contributed by atoms with Crippen LogP contribution in [0.5, 0.6) is 0 Å². The van der Waals surface area contributed by atoms with Crippen LogP contribution in [0.2, 0.25) is 0 Å². The lowest BCUT2D eigenvalue weighted by atomic mass is 10.1. The Morgan fingerprint density at radius 2 is 2.14 bits per heavy atom. The number of hydrogen-bond acceptors (Lipinski definition) is 2. The maximum absolute atomic E-state index is 4.52. The Morgan fingerprint density at radius 3 is 2.79 bits per heavy atom. The van der Waals surface area contributed by atoms with Crippen LogP contribution < -0.4 is 0 Å². The molecule has 1 heterocycles. The molecule has 14 heavy (non-hydrogen) atoms. The Morgan fingerprint density at radius 1 is 1.36 bits per heavy atom. The number of aryl methyl sites for hydroxylation is 1. The van der Waals surface area contributed by atoms with Crippen LogP contribution in [0.3, 0.4) is 0 Å². The van der Waals surface area contributed by atoms with Crippen molar-refractivity contribution in [2.45, 2.75) is 23.6 Å². The summed E-state index contributed by atoms with van der Waals surface area (Å²) in [4.78, 5) is 1.10. The molecule has 0 nitrogen and oxygen atoms in total. The monoisotopic (exact) mass is 286 g/mol. The van der Waals surface area contributed by atoms with Crippen molar-refractivity contribution in [1.82, 2.24) is 0 Å². The van der Waals surface area contributed by atoms with Gasteiger partial charge in [-0.1, -0.05) is 28.9 Å². The van der Waals surface area contributed by atoms with Crippen LogP contribution in [0, 0.1) is 0 Å². The van der Waals surface area contributed by atoms with Crippen LogP contribution in [-0.4, -0.2) is 0 Å². The van der Waals surface area contributed by atoms with Crippen molar-refractivity contribution >= 4 is 50.0 Å².